The molecular formula is C13H16N2O2S. The Hall–Kier alpha value is -1.59. The first-order valence-electron chi connectivity index (χ1n) is 5.75. The van der Waals surface area contributed by atoms with E-state index in [9.17, 15) is 8.42 Å². The van der Waals surface area contributed by atoms with Gasteiger partial charge in [-0.3, -0.25) is 0 Å². The number of para-hydroxylation sites is 1. The number of nitrogens with one attached hydrogen (secondary N) is 2. The van der Waals surface area contributed by atoms with Gasteiger partial charge in [0.15, 0.2) is 0 Å². The van der Waals surface area contributed by atoms with Crippen LogP contribution in [-0.4, -0.2) is 25.7 Å². The standard InChI is InChI=1S/C13H16N2O2S/c1-2-9-18(16,17)15-8-7-11-10-14-13-6-4-3-5-12(11)13/h2-6,10,14-15H,1,7-9H2. The van der Waals surface area contributed by atoms with Crippen molar-refractivity contribution in [3.05, 3.63) is 48.7 Å². The summed E-state index contributed by atoms with van der Waals surface area (Å²) in [6, 6.07) is 7.97. The van der Waals surface area contributed by atoms with Crippen molar-refractivity contribution in [3.63, 3.8) is 0 Å². The Bertz CT molecular complexity index is 644. The zero-order valence-electron chi connectivity index (χ0n) is 10.0. The normalized spacial score (nSPS) is 11.8. The van der Waals surface area contributed by atoms with E-state index < -0.39 is 10.0 Å². The van der Waals surface area contributed by atoms with Gasteiger partial charge in [0.05, 0.1) is 5.75 Å². The summed E-state index contributed by atoms with van der Waals surface area (Å²) in [5.41, 5.74) is 2.19. The lowest BCUT2D eigenvalue weighted by molar-refractivity contribution is 0.585. The molecule has 5 heteroatoms. The van der Waals surface area contributed by atoms with Gasteiger partial charge in [-0.05, 0) is 18.1 Å². The van der Waals surface area contributed by atoms with Gasteiger partial charge in [0.25, 0.3) is 0 Å². The molecule has 0 saturated carbocycles. The summed E-state index contributed by atoms with van der Waals surface area (Å²) in [4.78, 5) is 3.17. The van der Waals surface area contributed by atoms with Gasteiger partial charge in [0.1, 0.15) is 0 Å². The van der Waals surface area contributed by atoms with Crippen LogP contribution in [0.1, 0.15) is 5.56 Å². The van der Waals surface area contributed by atoms with Crippen LogP contribution in [0.2, 0.25) is 0 Å². The maximum Gasteiger partial charge on any atom is 0.215 e. The lowest BCUT2D eigenvalue weighted by atomic mass is 10.1. The molecule has 0 atom stereocenters. The van der Waals surface area contributed by atoms with E-state index in [0.717, 1.165) is 16.5 Å². The predicted octanol–water partition coefficient (Wildman–Crippen LogP) is 1.82. The van der Waals surface area contributed by atoms with Crippen LogP contribution in [0.3, 0.4) is 0 Å². The van der Waals surface area contributed by atoms with Crippen molar-refractivity contribution in [2.75, 3.05) is 12.3 Å². The highest BCUT2D eigenvalue weighted by Gasteiger charge is 2.08. The van der Waals surface area contributed by atoms with E-state index in [-0.39, 0.29) is 5.75 Å². The van der Waals surface area contributed by atoms with Crippen molar-refractivity contribution in [2.24, 2.45) is 0 Å². The lowest BCUT2D eigenvalue weighted by Gasteiger charge is -2.03. The fourth-order valence-corrected chi connectivity index (χ4v) is 2.73. The maximum atomic E-state index is 11.4. The van der Waals surface area contributed by atoms with Crippen LogP contribution in [0.25, 0.3) is 10.9 Å². The first-order valence-corrected chi connectivity index (χ1v) is 7.41. The topological polar surface area (TPSA) is 62.0 Å². The second-order valence-electron chi connectivity index (χ2n) is 4.07. The number of rotatable bonds is 6. The Morgan fingerprint density at radius 1 is 1.33 bits per heavy atom. The van der Waals surface area contributed by atoms with Crippen LogP contribution in [0.5, 0.6) is 0 Å². The molecule has 0 radical (unpaired) electrons. The average molecular weight is 264 g/mol. The number of benzene rings is 1. The smallest absolute Gasteiger partial charge is 0.215 e. The third kappa shape index (κ3) is 3.00. The molecule has 0 amide bonds. The molecule has 0 aliphatic heterocycles. The Kier molecular flexibility index (Phi) is 3.84. The second kappa shape index (κ2) is 5.37. The van der Waals surface area contributed by atoms with E-state index in [4.69, 9.17) is 0 Å². The number of hydrogen-bond donors (Lipinski definition) is 2. The van der Waals surface area contributed by atoms with Gasteiger partial charge in [-0.15, -0.1) is 6.58 Å². The Morgan fingerprint density at radius 2 is 2.11 bits per heavy atom. The Balaban J connectivity index is 2.01. The van der Waals surface area contributed by atoms with E-state index in [1.165, 1.54) is 6.08 Å². The van der Waals surface area contributed by atoms with Crippen LogP contribution in [0.4, 0.5) is 0 Å². The summed E-state index contributed by atoms with van der Waals surface area (Å²) in [6.07, 6.45) is 3.97. The third-order valence-electron chi connectivity index (χ3n) is 2.73. The van der Waals surface area contributed by atoms with Gasteiger partial charge in [-0.2, -0.15) is 0 Å². The molecule has 18 heavy (non-hydrogen) atoms. The molecule has 0 saturated heterocycles. The second-order valence-corrected chi connectivity index (χ2v) is 5.93. The van der Waals surface area contributed by atoms with Crippen molar-refractivity contribution in [1.82, 2.24) is 9.71 Å². The van der Waals surface area contributed by atoms with E-state index in [1.54, 1.807) is 0 Å². The minimum Gasteiger partial charge on any atom is -0.361 e. The van der Waals surface area contributed by atoms with Crippen LogP contribution in [0, 0.1) is 0 Å². The largest absolute Gasteiger partial charge is 0.361 e. The number of aromatic amines is 1. The van der Waals surface area contributed by atoms with Crippen LogP contribution >= 0.6 is 0 Å². The lowest BCUT2D eigenvalue weighted by Crippen LogP contribution is -2.27. The zero-order chi connectivity index (χ0) is 13.0. The molecule has 0 fully saturated rings. The summed E-state index contributed by atoms with van der Waals surface area (Å²) >= 11 is 0. The first-order chi connectivity index (χ1) is 8.62. The van der Waals surface area contributed by atoms with Gasteiger partial charge in [-0.25, -0.2) is 13.1 Å². The van der Waals surface area contributed by atoms with Crippen molar-refractivity contribution >= 4 is 20.9 Å². The van der Waals surface area contributed by atoms with Gasteiger partial charge < -0.3 is 4.98 Å². The predicted molar refractivity (Wildman–Crippen MR) is 74.0 cm³/mol. The number of hydrogen-bond acceptors (Lipinski definition) is 2. The molecule has 1 aromatic carbocycles. The van der Waals surface area contributed by atoms with Crippen molar-refractivity contribution in [1.29, 1.82) is 0 Å². The summed E-state index contributed by atoms with van der Waals surface area (Å²) < 4.78 is 25.4. The minimum absolute atomic E-state index is 0.0408. The van der Waals surface area contributed by atoms with Crippen LogP contribution < -0.4 is 4.72 Å². The van der Waals surface area contributed by atoms with E-state index >= 15 is 0 Å². The van der Waals surface area contributed by atoms with Crippen molar-refractivity contribution in [3.8, 4) is 0 Å². The Morgan fingerprint density at radius 3 is 2.89 bits per heavy atom. The maximum absolute atomic E-state index is 11.4. The zero-order valence-corrected chi connectivity index (χ0v) is 10.8. The monoisotopic (exact) mass is 264 g/mol. The quantitative estimate of drug-likeness (QED) is 0.782. The molecule has 4 nitrogen and oxygen atoms in total. The number of aromatic nitrogens is 1. The molecule has 0 aliphatic carbocycles. The molecular weight excluding hydrogens is 248 g/mol. The highest BCUT2D eigenvalue weighted by atomic mass is 32.2. The van der Waals surface area contributed by atoms with Gasteiger partial charge in [-0.1, -0.05) is 24.3 Å². The SMILES string of the molecule is C=CCS(=O)(=O)NCCc1c[nH]c2ccccc12. The van der Waals surface area contributed by atoms with Gasteiger partial charge >= 0.3 is 0 Å². The first kappa shape index (κ1) is 12.9. The molecule has 2 rings (SSSR count). The van der Waals surface area contributed by atoms with E-state index in [0.29, 0.717) is 13.0 Å². The van der Waals surface area contributed by atoms with Gasteiger partial charge in [0, 0.05) is 23.6 Å². The number of H-pyrrole nitrogens is 1. The molecule has 0 spiro atoms. The molecule has 1 aromatic heterocycles. The third-order valence-corrected chi connectivity index (χ3v) is 4.05. The number of sulfonamides is 1. The summed E-state index contributed by atoms with van der Waals surface area (Å²) in [6.45, 7) is 3.82. The number of fused-ring (bicyclic) bond motifs is 1. The molecule has 96 valence electrons. The molecule has 0 aliphatic rings. The fraction of sp³-hybridized carbons (Fsp3) is 0.231. The van der Waals surface area contributed by atoms with Crippen molar-refractivity contribution in [2.45, 2.75) is 6.42 Å². The molecule has 2 aromatic rings. The van der Waals surface area contributed by atoms with E-state index in [2.05, 4.69) is 16.3 Å². The molecule has 1 heterocycles. The fourth-order valence-electron chi connectivity index (χ4n) is 1.89. The molecule has 2 N–H and O–H groups in total. The summed E-state index contributed by atoms with van der Waals surface area (Å²) in [5.74, 6) is -0.0408. The summed E-state index contributed by atoms with van der Waals surface area (Å²) in [7, 11) is -3.22. The van der Waals surface area contributed by atoms with Crippen LogP contribution in [0.15, 0.2) is 43.1 Å². The van der Waals surface area contributed by atoms with Crippen LogP contribution in [-0.2, 0) is 16.4 Å². The van der Waals surface area contributed by atoms with E-state index in [1.807, 2.05) is 30.5 Å². The molecule has 0 bridgehead atoms. The molecule has 0 unspecified atom stereocenters. The summed E-state index contributed by atoms with van der Waals surface area (Å²) in [5, 5.41) is 1.14. The average Bonchev–Trinajstić information content (AvgIpc) is 2.73. The highest BCUT2D eigenvalue weighted by Crippen LogP contribution is 2.17. The van der Waals surface area contributed by atoms with Crippen molar-refractivity contribution < 1.29 is 8.42 Å². The minimum atomic E-state index is -3.22. The van der Waals surface area contributed by atoms with Gasteiger partial charge in [0.2, 0.25) is 10.0 Å². The Labute approximate surface area is 107 Å². The highest BCUT2D eigenvalue weighted by molar-refractivity contribution is 7.89.